The summed E-state index contributed by atoms with van der Waals surface area (Å²) >= 11 is 0. The number of amides is 1. The van der Waals surface area contributed by atoms with Crippen LogP contribution in [0.25, 0.3) is 0 Å². The fourth-order valence-corrected chi connectivity index (χ4v) is 5.17. The number of hydrogen-bond acceptors (Lipinski definition) is 4. The van der Waals surface area contributed by atoms with Crippen molar-refractivity contribution in [3.05, 3.63) is 24.0 Å². The van der Waals surface area contributed by atoms with E-state index in [1.807, 2.05) is 4.90 Å². The van der Waals surface area contributed by atoms with Crippen LogP contribution in [0.15, 0.2) is 23.1 Å². The quantitative estimate of drug-likeness (QED) is 0.811. The van der Waals surface area contributed by atoms with Gasteiger partial charge in [-0.3, -0.25) is 4.79 Å². The van der Waals surface area contributed by atoms with Crippen molar-refractivity contribution < 1.29 is 22.3 Å². The van der Waals surface area contributed by atoms with Crippen molar-refractivity contribution in [2.24, 2.45) is 5.92 Å². The zero-order valence-electron chi connectivity index (χ0n) is 14.3. The summed E-state index contributed by atoms with van der Waals surface area (Å²) < 4.78 is 45.6. The molecule has 0 unspecified atom stereocenters. The van der Waals surface area contributed by atoms with Gasteiger partial charge in [-0.05, 0) is 43.9 Å². The minimum absolute atomic E-state index is 0.122. The molecule has 0 bridgehead atoms. The molecule has 0 aliphatic carbocycles. The molecule has 0 N–H and O–H groups in total. The standard InChI is InChI=1S/C17H23FN2O4S/c1-24-15-5-4-14(18)12-16(15)25(22,23)20-10-6-13(7-11-20)17(21)19-8-2-3-9-19/h4-5,12-13H,2-3,6-11H2,1H3. The predicted octanol–water partition coefficient (Wildman–Crippen LogP) is 1.86. The zero-order valence-corrected chi connectivity index (χ0v) is 15.1. The van der Waals surface area contributed by atoms with Crippen LogP contribution in [0, 0.1) is 11.7 Å². The maximum Gasteiger partial charge on any atom is 0.246 e. The predicted molar refractivity (Wildman–Crippen MR) is 90.2 cm³/mol. The first-order valence-electron chi connectivity index (χ1n) is 8.56. The van der Waals surface area contributed by atoms with E-state index < -0.39 is 15.8 Å². The molecule has 8 heteroatoms. The highest BCUT2D eigenvalue weighted by molar-refractivity contribution is 7.89. The van der Waals surface area contributed by atoms with Gasteiger partial charge in [-0.15, -0.1) is 0 Å². The minimum Gasteiger partial charge on any atom is -0.495 e. The molecule has 2 fully saturated rings. The van der Waals surface area contributed by atoms with Crippen molar-refractivity contribution >= 4 is 15.9 Å². The van der Waals surface area contributed by atoms with Crippen molar-refractivity contribution in [3.63, 3.8) is 0 Å². The molecule has 2 aliphatic rings. The van der Waals surface area contributed by atoms with E-state index in [1.165, 1.54) is 23.5 Å². The molecular weight excluding hydrogens is 347 g/mol. The summed E-state index contributed by atoms with van der Waals surface area (Å²) in [5, 5.41) is 0. The summed E-state index contributed by atoms with van der Waals surface area (Å²) in [6, 6.07) is 3.46. The molecule has 0 atom stereocenters. The molecular formula is C17H23FN2O4S. The van der Waals surface area contributed by atoms with Gasteiger partial charge in [0.2, 0.25) is 15.9 Å². The Morgan fingerprint density at radius 1 is 1.16 bits per heavy atom. The van der Waals surface area contributed by atoms with Gasteiger partial charge in [-0.1, -0.05) is 0 Å². The van der Waals surface area contributed by atoms with Crippen molar-refractivity contribution in [2.75, 3.05) is 33.3 Å². The van der Waals surface area contributed by atoms with Crippen LogP contribution >= 0.6 is 0 Å². The van der Waals surface area contributed by atoms with Crippen molar-refractivity contribution in [1.29, 1.82) is 0 Å². The highest BCUT2D eigenvalue weighted by Gasteiger charge is 2.35. The number of benzene rings is 1. The molecule has 1 aromatic rings. The van der Waals surface area contributed by atoms with E-state index in [9.17, 15) is 17.6 Å². The molecule has 25 heavy (non-hydrogen) atoms. The van der Waals surface area contributed by atoms with Gasteiger partial charge in [0.05, 0.1) is 7.11 Å². The van der Waals surface area contributed by atoms with Gasteiger partial charge in [0.25, 0.3) is 0 Å². The number of rotatable bonds is 4. The summed E-state index contributed by atoms with van der Waals surface area (Å²) in [6.45, 7) is 2.12. The molecule has 1 amide bonds. The van der Waals surface area contributed by atoms with Crippen LogP contribution in [0.1, 0.15) is 25.7 Å². The lowest BCUT2D eigenvalue weighted by atomic mass is 9.97. The van der Waals surface area contributed by atoms with E-state index in [-0.39, 0.29) is 35.6 Å². The Labute approximate surface area is 147 Å². The van der Waals surface area contributed by atoms with Crippen LogP contribution in [0.3, 0.4) is 0 Å². The Morgan fingerprint density at radius 2 is 1.80 bits per heavy atom. The Morgan fingerprint density at radius 3 is 2.40 bits per heavy atom. The van der Waals surface area contributed by atoms with Gasteiger partial charge >= 0.3 is 0 Å². The van der Waals surface area contributed by atoms with Gasteiger partial charge in [-0.25, -0.2) is 12.8 Å². The lowest BCUT2D eigenvalue weighted by molar-refractivity contribution is -0.135. The Bertz CT molecular complexity index is 739. The average molecular weight is 370 g/mol. The summed E-state index contributed by atoms with van der Waals surface area (Å²) in [5.74, 6) is -0.494. The second-order valence-corrected chi connectivity index (χ2v) is 8.41. The van der Waals surface area contributed by atoms with E-state index >= 15 is 0 Å². The summed E-state index contributed by atoms with van der Waals surface area (Å²) in [4.78, 5) is 14.2. The van der Waals surface area contributed by atoms with Crippen molar-refractivity contribution in [3.8, 4) is 5.75 Å². The highest BCUT2D eigenvalue weighted by atomic mass is 32.2. The fourth-order valence-electron chi connectivity index (χ4n) is 3.53. The number of nitrogens with zero attached hydrogens (tertiary/aromatic N) is 2. The SMILES string of the molecule is COc1ccc(F)cc1S(=O)(=O)N1CCC(C(=O)N2CCCC2)CC1. The lowest BCUT2D eigenvalue weighted by Crippen LogP contribution is -2.43. The van der Waals surface area contributed by atoms with Crippen LogP contribution in [0.5, 0.6) is 5.75 Å². The molecule has 3 rings (SSSR count). The van der Waals surface area contributed by atoms with Crippen LogP contribution in [-0.2, 0) is 14.8 Å². The number of halogens is 1. The normalized spacial score (nSPS) is 20.0. The first kappa shape index (κ1) is 18.1. The first-order chi connectivity index (χ1) is 11.9. The maximum atomic E-state index is 13.5. The molecule has 2 saturated heterocycles. The van der Waals surface area contributed by atoms with E-state index in [0.717, 1.165) is 32.0 Å². The van der Waals surface area contributed by atoms with E-state index in [4.69, 9.17) is 4.74 Å². The number of piperidine rings is 1. The van der Waals surface area contributed by atoms with Crippen molar-refractivity contribution in [2.45, 2.75) is 30.6 Å². The smallest absolute Gasteiger partial charge is 0.246 e. The number of methoxy groups -OCH3 is 1. The summed E-state index contributed by atoms with van der Waals surface area (Å²) in [5.41, 5.74) is 0. The Hall–Kier alpha value is -1.67. The number of ether oxygens (including phenoxy) is 1. The monoisotopic (exact) mass is 370 g/mol. The van der Waals surface area contributed by atoms with Crippen LogP contribution in [0.4, 0.5) is 4.39 Å². The van der Waals surface area contributed by atoms with Gasteiger partial charge in [0, 0.05) is 32.1 Å². The number of sulfonamides is 1. The maximum absolute atomic E-state index is 13.5. The van der Waals surface area contributed by atoms with Gasteiger partial charge in [0.15, 0.2) is 0 Å². The number of carbonyl (C=O) groups is 1. The fraction of sp³-hybridized carbons (Fsp3) is 0.588. The second-order valence-electron chi connectivity index (χ2n) is 6.51. The van der Waals surface area contributed by atoms with Gasteiger partial charge < -0.3 is 9.64 Å². The topological polar surface area (TPSA) is 66.9 Å². The second kappa shape index (κ2) is 7.29. The molecule has 2 aliphatic heterocycles. The van der Waals surface area contributed by atoms with Crippen LogP contribution in [0.2, 0.25) is 0 Å². The van der Waals surface area contributed by atoms with Crippen LogP contribution < -0.4 is 4.74 Å². The van der Waals surface area contributed by atoms with Crippen LogP contribution in [-0.4, -0.2) is 56.8 Å². The summed E-state index contributed by atoms with van der Waals surface area (Å²) in [7, 11) is -2.50. The molecule has 0 aromatic heterocycles. The third-order valence-corrected chi connectivity index (χ3v) is 6.88. The first-order valence-corrected chi connectivity index (χ1v) is 10.00. The Kier molecular flexibility index (Phi) is 5.29. The molecule has 0 spiro atoms. The molecule has 0 saturated carbocycles. The molecule has 138 valence electrons. The number of likely N-dealkylation sites (tertiary alicyclic amines) is 1. The molecule has 1 aromatic carbocycles. The largest absolute Gasteiger partial charge is 0.495 e. The lowest BCUT2D eigenvalue weighted by Gasteiger charge is -2.32. The molecule has 6 nitrogen and oxygen atoms in total. The third-order valence-electron chi connectivity index (χ3n) is 4.96. The number of hydrogen-bond donors (Lipinski definition) is 0. The zero-order chi connectivity index (χ0) is 18.0. The molecule has 0 radical (unpaired) electrons. The van der Waals surface area contributed by atoms with E-state index in [0.29, 0.717) is 12.8 Å². The Balaban J connectivity index is 1.71. The minimum atomic E-state index is -3.85. The number of carbonyl (C=O) groups excluding carboxylic acids is 1. The van der Waals surface area contributed by atoms with Gasteiger partial charge in [-0.2, -0.15) is 4.31 Å². The van der Waals surface area contributed by atoms with E-state index in [1.54, 1.807) is 0 Å². The van der Waals surface area contributed by atoms with E-state index in [2.05, 4.69) is 0 Å². The third kappa shape index (κ3) is 3.64. The average Bonchev–Trinajstić information content (AvgIpc) is 3.16. The van der Waals surface area contributed by atoms with Crippen molar-refractivity contribution in [1.82, 2.24) is 9.21 Å². The van der Waals surface area contributed by atoms with Gasteiger partial charge in [0.1, 0.15) is 16.5 Å². The summed E-state index contributed by atoms with van der Waals surface area (Å²) in [6.07, 6.45) is 3.06. The highest BCUT2D eigenvalue weighted by Crippen LogP contribution is 2.31. The molecule has 2 heterocycles.